The van der Waals surface area contributed by atoms with Crippen molar-refractivity contribution in [3.8, 4) is 0 Å². The normalized spacial score (nSPS) is 36.9. The summed E-state index contributed by atoms with van der Waals surface area (Å²) in [6, 6.07) is 0.719. The van der Waals surface area contributed by atoms with E-state index in [-0.39, 0.29) is 0 Å². The molecule has 0 aromatic heterocycles. The van der Waals surface area contributed by atoms with E-state index in [0.29, 0.717) is 0 Å². The van der Waals surface area contributed by atoms with Gasteiger partial charge in [0, 0.05) is 18.3 Å². The van der Waals surface area contributed by atoms with E-state index in [2.05, 4.69) is 31.1 Å². The minimum Gasteiger partial charge on any atom is -0.362 e. The van der Waals surface area contributed by atoms with Crippen molar-refractivity contribution >= 4 is 16.9 Å². The quantitative estimate of drug-likeness (QED) is 0.760. The second-order valence-electron chi connectivity index (χ2n) is 4.92. The second kappa shape index (κ2) is 4.13. The highest BCUT2D eigenvalue weighted by atomic mass is 32.2. The number of aliphatic imine (C=N–C) groups is 1. The van der Waals surface area contributed by atoms with Crippen molar-refractivity contribution in [2.24, 2.45) is 22.7 Å². The molecule has 3 heteroatoms. The predicted molar refractivity (Wildman–Crippen MR) is 63.8 cm³/mol. The fourth-order valence-electron chi connectivity index (χ4n) is 1.66. The Labute approximate surface area is 90.9 Å². The van der Waals surface area contributed by atoms with Gasteiger partial charge in [-0.05, 0) is 24.2 Å². The van der Waals surface area contributed by atoms with Gasteiger partial charge in [0.2, 0.25) is 0 Å². The van der Waals surface area contributed by atoms with Crippen LogP contribution in [0.3, 0.4) is 0 Å². The van der Waals surface area contributed by atoms with Crippen molar-refractivity contribution in [3.05, 3.63) is 0 Å². The lowest BCUT2D eigenvalue weighted by molar-refractivity contribution is 0.435. The predicted octanol–water partition coefficient (Wildman–Crippen LogP) is 2.36. The Morgan fingerprint density at radius 1 is 1.50 bits per heavy atom. The third kappa shape index (κ3) is 2.44. The first kappa shape index (κ1) is 10.3. The summed E-state index contributed by atoms with van der Waals surface area (Å²) >= 11 is 1.91. The molecule has 2 rings (SSSR count). The molecule has 3 atom stereocenters. The molecule has 0 amide bonds. The van der Waals surface area contributed by atoms with E-state index in [9.17, 15) is 0 Å². The lowest BCUT2D eigenvalue weighted by atomic mass is 9.98. The maximum Gasteiger partial charge on any atom is 0.156 e. The summed E-state index contributed by atoms with van der Waals surface area (Å²) in [6.45, 7) is 7.90. The highest BCUT2D eigenvalue weighted by Crippen LogP contribution is 2.31. The Hall–Kier alpha value is -0.180. The molecule has 1 N–H and O–H groups in total. The lowest BCUT2D eigenvalue weighted by Gasteiger charge is -2.24. The van der Waals surface area contributed by atoms with Gasteiger partial charge in [0.05, 0.1) is 0 Å². The molecule has 1 aliphatic carbocycles. The van der Waals surface area contributed by atoms with E-state index in [1.807, 2.05) is 11.8 Å². The number of nitrogens with zero attached hydrogens (tertiary/aromatic N) is 1. The van der Waals surface area contributed by atoms with Crippen LogP contribution in [0.25, 0.3) is 0 Å². The fraction of sp³-hybridized carbons (Fsp3) is 0.909. The lowest BCUT2D eigenvalue weighted by Crippen LogP contribution is -2.30. The molecular weight excluding hydrogens is 192 g/mol. The highest BCUT2D eigenvalue weighted by molar-refractivity contribution is 8.13. The van der Waals surface area contributed by atoms with Crippen LogP contribution in [0.4, 0.5) is 0 Å². The van der Waals surface area contributed by atoms with Crippen molar-refractivity contribution < 1.29 is 0 Å². The number of amidine groups is 1. The molecule has 0 aromatic carbocycles. The Morgan fingerprint density at radius 2 is 2.21 bits per heavy atom. The molecule has 0 bridgehead atoms. The van der Waals surface area contributed by atoms with Crippen molar-refractivity contribution in [2.75, 3.05) is 12.3 Å². The molecule has 0 radical (unpaired) electrons. The van der Waals surface area contributed by atoms with Crippen LogP contribution in [-0.2, 0) is 0 Å². The van der Waals surface area contributed by atoms with Gasteiger partial charge in [0.15, 0.2) is 5.17 Å². The summed E-state index contributed by atoms with van der Waals surface area (Å²) in [5.41, 5.74) is 0. The zero-order valence-corrected chi connectivity index (χ0v) is 10.1. The summed E-state index contributed by atoms with van der Waals surface area (Å²) in [5.74, 6) is 3.65. The number of hydrogen-bond acceptors (Lipinski definition) is 3. The molecule has 1 aliphatic heterocycles. The number of nitrogens with one attached hydrogen (secondary N) is 1. The molecule has 1 heterocycles. The van der Waals surface area contributed by atoms with Crippen LogP contribution in [0, 0.1) is 17.8 Å². The van der Waals surface area contributed by atoms with Crippen molar-refractivity contribution in [3.63, 3.8) is 0 Å². The zero-order chi connectivity index (χ0) is 10.1. The highest BCUT2D eigenvalue weighted by Gasteiger charge is 2.34. The Morgan fingerprint density at radius 3 is 2.64 bits per heavy atom. The van der Waals surface area contributed by atoms with Crippen molar-refractivity contribution in [1.29, 1.82) is 0 Å². The Balaban J connectivity index is 1.79. The van der Waals surface area contributed by atoms with Crippen molar-refractivity contribution in [2.45, 2.75) is 33.2 Å². The van der Waals surface area contributed by atoms with Gasteiger partial charge in [0.25, 0.3) is 0 Å². The van der Waals surface area contributed by atoms with Gasteiger partial charge in [0.1, 0.15) is 0 Å². The van der Waals surface area contributed by atoms with Crippen LogP contribution in [0.15, 0.2) is 4.99 Å². The molecule has 14 heavy (non-hydrogen) atoms. The van der Waals surface area contributed by atoms with E-state index in [4.69, 9.17) is 0 Å². The fourth-order valence-corrected chi connectivity index (χ4v) is 2.92. The van der Waals surface area contributed by atoms with Crippen LogP contribution < -0.4 is 5.32 Å². The van der Waals surface area contributed by atoms with Gasteiger partial charge in [-0.25, -0.2) is 0 Å². The summed E-state index contributed by atoms with van der Waals surface area (Å²) in [6.07, 6.45) is 1.33. The standard InChI is InChI=1S/C11H20N2S/c1-7(2)9-5-12-11(14-6-9)13-10-4-8(10)3/h7-10H,4-6H2,1-3H3,(H,12,13). The third-order valence-corrected chi connectivity index (χ3v) is 4.38. The molecule has 0 saturated heterocycles. The summed E-state index contributed by atoms with van der Waals surface area (Å²) in [7, 11) is 0. The average molecular weight is 212 g/mol. The zero-order valence-electron chi connectivity index (χ0n) is 9.29. The van der Waals surface area contributed by atoms with Crippen LogP contribution in [0.1, 0.15) is 27.2 Å². The summed E-state index contributed by atoms with van der Waals surface area (Å²) in [5, 5.41) is 4.71. The number of rotatable bonds is 2. The molecular formula is C11H20N2S. The molecule has 2 aliphatic rings. The van der Waals surface area contributed by atoms with E-state index in [0.717, 1.165) is 30.3 Å². The van der Waals surface area contributed by atoms with Gasteiger partial charge < -0.3 is 5.32 Å². The SMILES string of the molecule is CC(C)C1CN=C(NC2CC2C)SC1. The Kier molecular flexibility index (Phi) is 3.05. The first-order valence-electron chi connectivity index (χ1n) is 5.60. The Bertz CT molecular complexity index is 237. The molecule has 0 spiro atoms. The first-order chi connectivity index (χ1) is 6.66. The largest absolute Gasteiger partial charge is 0.362 e. The number of hydrogen-bond donors (Lipinski definition) is 1. The first-order valence-corrected chi connectivity index (χ1v) is 6.59. The monoisotopic (exact) mass is 212 g/mol. The van der Waals surface area contributed by atoms with Gasteiger partial charge >= 0.3 is 0 Å². The van der Waals surface area contributed by atoms with E-state index in [1.54, 1.807) is 0 Å². The minimum atomic E-state index is 0.719. The van der Waals surface area contributed by atoms with E-state index < -0.39 is 0 Å². The minimum absolute atomic E-state index is 0.719. The maximum atomic E-state index is 4.62. The second-order valence-corrected chi connectivity index (χ2v) is 5.93. The van der Waals surface area contributed by atoms with E-state index >= 15 is 0 Å². The molecule has 0 aromatic rings. The van der Waals surface area contributed by atoms with Gasteiger partial charge in [-0.3, -0.25) is 4.99 Å². The number of thioether (sulfide) groups is 1. The molecule has 3 unspecified atom stereocenters. The van der Waals surface area contributed by atoms with Gasteiger partial charge in [-0.2, -0.15) is 0 Å². The average Bonchev–Trinajstić information content (AvgIpc) is 2.82. The molecule has 1 saturated carbocycles. The van der Waals surface area contributed by atoms with Crippen LogP contribution in [-0.4, -0.2) is 23.5 Å². The summed E-state index contributed by atoms with van der Waals surface area (Å²) in [4.78, 5) is 4.62. The molecule has 2 nitrogen and oxygen atoms in total. The third-order valence-electron chi connectivity index (χ3n) is 3.26. The van der Waals surface area contributed by atoms with Crippen LogP contribution >= 0.6 is 11.8 Å². The van der Waals surface area contributed by atoms with E-state index in [1.165, 1.54) is 17.3 Å². The maximum absolute atomic E-state index is 4.62. The topological polar surface area (TPSA) is 24.4 Å². The molecule has 1 fully saturated rings. The summed E-state index contributed by atoms with van der Waals surface area (Å²) < 4.78 is 0. The smallest absolute Gasteiger partial charge is 0.156 e. The van der Waals surface area contributed by atoms with Crippen LogP contribution in [0.5, 0.6) is 0 Å². The van der Waals surface area contributed by atoms with Gasteiger partial charge in [-0.15, -0.1) is 0 Å². The van der Waals surface area contributed by atoms with Crippen LogP contribution in [0.2, 0.25) is 0 Å². The van der Waals surface area contributed by atoms with Crippen molar-refractivity contribution in [1.82, 2.24) is 5.32 Å². The van der Waals surface area contributed by atoms with Gasteiger partial charge in [-0.1, -0.05) is 32.5 Å². The molecule has 80 valence electrons.